The normalized spacial score (nSPS) is 10.3. The SMILES string of the molecule is CCSc1ncc(-c2cccc([N+](=O)[O-])c2)cn1. The molecule has 1 aromatic carbocycles. The molecule has 0 radical (unpaired) electrons. The molecule has 6 heteroatoms. The first-order valence-electron chi connectivity index (χ1n) is 5.40. The summed E-state index contributed by atoms with van der Waals surface area (Å²) < 4.78 is 0. The van der Waals surface area contributed by atoms with E-state index in [-0.39, 0.29) is 5.69 Å². The number of hydrogen-bond donors (Lipinski definition) is 0. The Morgan fingerprint density at radius 3 is 2.61 bits per heavy atom. The molecule has 1 aromatic heterocycles. The third-order valence-electron chi connectivity index (χ3n) is 2.29. The average Bonchev–Trinajstić information content (AvgIpc) is 2.40. The lowest BCUT2D eigenvalue weighted by Gasteiger charge is -2.02. The standard InChI is InChI=1S/C12H11N3O2S/c1-2-18-12-13-7-10(8-14-12)9-4-3-5-11(6-9)15(16)17/h3-8H,2H2,1H3. The maximum absolute atomic E-state index is 10.7. The molecule has 0 aliphatic heterocycles. The summed E-state index contributed by atoms with van der Waals surface area (Å²) in [6.07, 6.45) is 3.37. The van der Waals surface area contributed by atoms with Crippen molar-refractivity contribution in [3.05, 3.63) is 46.8 Å². The first-order valence-corrected chi connectivity index (χ1v) is 6.39. The molecule has 0 amide bonds. The van der Waals surface area contributed by atoms with Gasteiger partial charge in [0.1, 0.15) is 0 Å². The third-order valence-corrected chi connectivity index (χ3v) is 3.05. The number of rotatable bonds is 4. The zero-order valence-electron chi connectivity index (χ0n) is 9.74. The zero-order chi connectivity index (χ0) is 13.0. The van der Waals surface area contributed by atoms with Crippen LogP contribution in [0, 0.1) is 10.1 Å². The molecule has 92 valence electrons. The van der Waals surface area contributed by atoms with Crippen LogP contribution in [0.4, 0.5) is 5.69 Å². The minimum Gasteiger partial charge on any atom is -0.258 e. The fourth-order valence-electron chi connectivity index (χ4n) is 1.47. The van der Waals surface area contributed by atoms with Crippen molar-refractivity contribution >= 4 is 17.4 Å². The highest BCUT2D eigenvalue weighted by Crippen LogP contribution is 2.23. The summed E-state index contributed by atoms with van der Waals surface area (Å²) in [6.45, 7) is 2.03. The van der Waals surface area contributed by atoms with Crippen LogP contribution >= 0.6 is 11.8 Å². The van der Waals surface area contributed by atoms with Crippen LogP contribution in [0.1, 0.15) is 6.92 Å². The van der Waals surface area contributed by atoms with Crippen LogP contribution < -0.4 is 0 Å². The van der Waals surface area contributed by atoms with E-state index >= 15 is 0 Å². The molecular weight excluding hydrogens is 250 g/mol. The molecule has 0 bridgehead atoms. The fraction of sp³-hybridized carbons (Fsp3) is 0.167. The lowest BCUT2D eigenvalue weighted by atomic mass is 10.1. The average molecular weight is 261 g/mol. The minimum atomic E-state index is -0.411. The van der Waals surface area contributed by atoms with Gasteiger partial charge in [-0.1, -0.05) is 30.8 Å². The molecule has 0 atom stereocenters. The lowest BCUT2D eigenvalue weighted by molar-refractivity contribution is -0.384. The second-order valence-electron chi connectivity index (χ2n) is 3.49. The number of benzene rings is 1. The van der Waals surface area contributed by atoms with Gasteiger partial charge >= 0.3 is 0 Å². The zero-order valence-corrected chi connectivity index (χ0v) is 10.6. The third kappa shape index (κ3) is 2.84. The Morgan fingerprint density at radius 2 is 2.00 bits per heavy atom. The summed E-state index contributed by atoms with van der Waals surface area (Å²) in [5.41, 5.74) is 1.59. The van der Waals surface area contributed by atoms with Crippen LogP contribution in [0.2, 0.25) is 0 Å². The summed E-state index contributed by atoms with van der Waals surface area (Å²) in [7, 11) is 0. The maximum atomic E-state index is 10.7. The molecule has 1 heterocycles. The van der Waals surface area contributed by atoms with Gasteiger partial charge in [-0.05, 0) is 11.3 Å². The largest absolute Gasteiger partial charge is 0.270 e. The van der Waals surface area contributed by atoms with Crippen molar-refractivity contribution in [2.45, 2.75) is 12.1 Å². The topological polar surface area (TPSA) is 68.9 Å². The Kier molecular flexibility index (Phi) is 3.88. The van der Waals surface area contributed by atoms with Gasteiger partial charge in [0, 0.05) is 30.1 Å². The molecule has 2 aromatic rings. The number of nitro benzene ring substituents is 1. The summed E-state index contributed by atoms with van der Waals surface area (Å²) >= 11 is 1.56. The molecular formula is C12H11N3O2S. The van der Waals surface area contributed by atoms with E-state index in [2.05, 4.69) is 9.97 Å². The van der Waals surface area contributed by atoms with Gasteiger partial charge in [0.15, 0.2) is 5.16 Å². The maximum Gasteiger partial charge on any atom is 0.270 e. The van der Waals surface area contributed by atoms with E-state index in [1.807, 2.05) is 6.92 Å². The van der Waals surface area contributed by atoms with Gasteiger partial charge in [-0.25, -0.2) is 9.97 Å². The summed E-state index contributed by atoms with van der Waals surface area (Å²) in [5.74, 6) is 0.913. The van der Waals surface area contributed by atoms with Crippen LogP contribution in [-0.2, 0) is 0 Å². The highest BCUT2D eigenvalue weighted by atomic mass is 32.2. The highest BCUT2D eigenvalue weighted by Gasteiger charge is 2.07. The molecule has 2 rings (SSSR count). The van der Waals surface area contributed by atoms with Crippen molar-refractivity contribution < 1.29 is 4.92 Å². The molecule has 18 heavy (non-hydrogen) atoms. The molecule has 0 spiro atoms. The molecule has 0 N–H and O–H groups in total. The van der Waals surface area contributed by atoms with Crippen LogP contribution in [0.25, 0.3) is 11.1 Å². The van der Waals surface area contributed by atoms with Crippen molar-refractivity contribution in [3.8, 4) is 11.1 Å². The Bertz CT molecular complexity index is 558. The number of nitro groups is 1. The predicted molar refractivity (Wildman–Crippen MR) is 70.5 cm³/mol. The van der Waals surface area contributed by atoms with E-state index in [9.17, 15) is 10.1 Å². The van der Waals surface area contributed by atoms with Crippen molar-refractivity contribution in [1.82, 2.24) is 9.97 Å². The van der Waals surface area contributed by atoms with Crippen LogP contribution in [0.15, 0.2) is 41.8 Å². The quantitative estimate of drug-likeness (QED) is 0.366. The molecule has 0 unspecified atom stereocenters. The second-order valence-corrected chi connectivity index (χ2v) is 4.73. The van der Waals surface area contributed by atoms with Crippen molar-refractivity contribution in [2.75, 3.05) is 5.75 Å². The smallest absolute Gasteiger partial charge is 0.258 e. The summed E-state index contributed by atoms with van der Waals surface area (Å²) in [6, 6.07) is 6.44. The number of nitrogens with zero attached hydrogens (tertiary/aromatic N) is 3. The van der Waals surface area contributed by atoms with E-state index < -0.39 is 4.92 Å². The molecule has 0 saturated carbocycles. The Balaban J connectivity index is 2.30. The monoisotopic (exact) mass is 261 g/mol. The number of aromatic nitrogens is 2. The van der Waals surface area contributed by atoms with Gasteiger partial charge in [0.2, 0.25) is 0 Å². The number of thioether (sulfide) groups is 1. The molecule has 0 aliphatic carbocycles. The Morgan fingerprint density at radius 1 is 1.28 bits per heavy atom. The van der Waals surface area contributed by atoms with Crippen LogP contribution in [0.5, 0.6) is 0 Å². The van der Waals surface area contributed by atoms with Crippen molar-refractivity contribution in [1.29, 1.82) is 0 Å². The lowest BCUT2D eigenvalue weighted by Crippen LogP contribution is -1.90. The van der Waals surface area contributed by atoms with Crippen molar-refractivity contribution in [2.24, 2.45) is 0 Å². The highest BCUT2D eigenvalue weighted by molar-refractivity contribution is 7.99. The van der Waals surface area contributed by atoms with E-state index in [4.69, 9.17) is 0 Å². The Labute approximate surface area is 108 Å². The van der Waals surface area contributed by atoms with Crippen LogP contribution in [0.3, 0.4) is 0 Å². The van der Waals surface area contributed by atoms with Gasteiger partial charge in [-0.3, -0.25) is 10.1 Å². The van der Waals surface area contributed by atoms with Gasteiger partial charge in [-0.2, -0.15) is 0 Å². The van der Waals surface area contributed by atoms with Crippen molar-refractivity contribution in [3.63, 3.8) is 0 Å². The molecule has 0 fully saturated rings. The predicted octanol–water partition coefficient (Wildman–Crippen LogP) is 3.16. The molecule has 0 saturated heterocycles. The molecule has 5 nitrogen and oxygen atoms in total. The number of hydrogen-bond acceptors (Lipinski definition) is 5. The summed E-state index contributed by atoms with van der Waals surface area (Å²) in [5, 5.41) is 11.4. The fourth-order valence-corrected chi connectivity index (χ4v) is 1.98. The summed E-state index contributed by atoms with van der Waals surface area (Å²) in [4.78, 5) is 18.7. The molecule has 0 aliphatic rings. The van der Waals surface area contributed by atoms with E-state index in [0.29, 0.717) is 5.16 Å². The second kappa shape index (κ2) is 5.59. The van der Waals surface area contributed by atoms with Crippen LogP contribution in [-0.4, -0.2) is 20.6 Å². The van der Waals surface area contributed by atoms with E-state index in [1.54, 1.807) is 36.3 Å². The number of non-ortho nitro benzene ring substituents is 1. The first-order chi connectivity index (χ1) is 8.70. The van der Waals surface area contributed by atoms with E-state index in [1.165, 1.54) is 12.1 Å². The van der Waals surface area contributed by atoms with Gasteiger partial charge < -0.3 is 0 Å². The Hall–Kier alpha value is -1.95. The van der Waals surface area contributed by atoms with E-state index in [0.717, 1.165) is 16.9 Å². The minimum absolute atomic E-state index is 0.0690. The van der Waals surface area contributed by atoms with Gasteiger partial charge in [0.25, 0.3) is 5.69 Å². The van der Waals surface area contributed by atoms with Gasteiger partial charge in [-0.15, -0.1) is 0 Å². The first kappa shape index (κ1) is 12.5. The van der Waals surface area contributed by atoms with Gasteiger partial charge in [0.05, 0.1) is 4.92 Å².